The quantitative estimate of drug-likeness (QED) is 0.651. The third kappa shape index (κ3) is 3.72. The van der Waals surface area contributed by atoms with Crippen molar-refractivity contribution in [1.29, 1.82) is 5.26 Å². The summed E-state index contributed by atoms with van der Waals surface area (Å²) in [4.78, 5) is 1.33. The molecule has 0 fully saturated rings. The van der Waals surface area contributed by atoms with Gasteiger partial charge in [0, 0.05) is 17.1 Å². The Balaban J connectivity index is 1.58. The molecule has 2 aromatic heterocycles. The molecule has 0 N–H and O–H groups in total. The van der Waals surface area contributed by atoms with Crippen LogP contribution in [0.4, 0.5) is 0 Å². The summed E-state index contributed by atoms with van der Waals surface area (Å²) in [7, 11) is 0. The van der Waals surface area contributed by atoms with Gasteiger partial charge in [-0.25, -0.2) is 4.68 Å². The monoisotopic (exact) mass is 327 g/mol. The fourth-order valence-corrected chi connectivity index (χ4v) is 3.49. The highest BCUT2D eigenvalue weighted by Gasteiger charge is 2.07. The Morgan fingerprint density at radius 1 is 1.23 bits per heavy atom. The molecule has 2 heterocycles. The standard InChI is InChI=1S/C15H13N5S2/c16-10-12-3-5-13(6-4-12)11-22-15-17-18-19-20(15)8-7-14-2-1-9-21-14/h1-6,9H,7-8,11H2. The molecule has 0 saturated heterocycles. The number of thiophene rings is 1. The number of aromatic nitrogens is 4. The van der Waals surface area contributed by atoms with Crippen LogP contribution in [0.15, 0.2) is 46.9 Å². The lowest BCUT2D eigenvalue weighted by atomic mass is 10.2. The summed E-state index contributed by atoms with van der Waals surface area (Å²) in [6.45, 7) is 0.781. The van der Waals surface area contributed by atoms with E-state index < -0.39 is 0 Å². The van der Waals surface area contributed by atoms with Crippen LogP contribution >= 0.6 is 23.1 Å². The first-order valence-corrected chi connectivity index (χ1v) is 8.62. The van der Waals surface area contributed by atoms with Crippen LogP contribution in [0.2, 0.25) is 0 Å². The number of tetrazole rings is 1. The van der Waals surface area contributed by atoms with Crippen LogP contribution in [0.25, 0.3) is 0 Å². The second-order valence-corrected chi connectivity index (χ2v) is 6.59. The molecule has 0 saturated carbocycles. The Morgan fingerprint density at radius 2 is 2.09 bits per heavy atom. The number of hydrogen-bond acceptors (Lipinski definition) is 6. The van der Waals surface area contributed by atoms with Crippen molar-refractivity contribution in [2.45, 2.75) is 23.9 Å². The average molecular weight is 327 g/mol. The van der Waals surface area contributed by atoms with Crippen molar-refractivity contribution in [1.82, 2.24) is 20.2 Å². The van der Waals surface area contributed by atoms with Gasteiger partial charge in [0.05, 0.1) is 18.2 Å². The summed E-state index contributed by atoms with van der Waals surface area (Å²) >= 11 is 3.35. The fourth-order valence-electron chi connectivity index (χ4n) is 1.93. The molecular weight excluding hydrogens is 314 g/mol. The smallest absolute Gasteiger partial charge is 0.209 e. The summed E-state index contributed by atoms with van der Waals surface area (Å²) in [5.41, 5.74) is 1.83. The number of benzene rings is 1. The normalized spacial score (nSPS) is 10.5. The van der Waals surface area contributed by atoms with Gasteiger partial charge in [-0.3, -0.25) is 0 Å². The molecule has 7 heteroatoms. The summed E-state index contributed by atoms with van der Waals surface area (Å²) in [5, 5.41) is 23.6. The van der Waals surface area contributed by atoms with Gasteiger partial charge >= 0.3 is 0 Å². The molecular formula is C15H13N5S2. The highest BCUT2D eigenvalue weighted by molar-refractivity contribution is 7.98. The molecule has 0 aliphatic heterocycles. The molecule has 0 spiro atoms. The lowest BCUT2D eigenvalue weighted by Crippen LogP contribution is -2.04. The van der Waals surface area contributed by atoms with Crippen molar-refractivity contribution in [3.63, 3.8) is 0 Å². The zero-order valence-electron chi connectivity index (χ0n) is 11.7. The summed E-state index contributed by atoms with van der Waals surface area (Å²) < 4.78 is 1.84. The van der Waals surface area contributed by atoms with Gasteiger partial charge in [-0.05, 0) is 39.6 Å². The summed E-state index contributed by atoms with van der Waals surface area (Å²) in [5.74, 6) is 0.783. The van der Waals surface area contributed by atoms with Crippen LogP contribution in [0, 0.1) is 11.3 Å². The molecule has 0 bridgehead atoms. The molecule has 3 rings (SSSR count). The van der Waals surface area contributed by atoms with E-state index in [4.69, 9.17) is 5.26 Å². The maximum absolute atomic E-state index is 8.80. The van der Waals surface area contributed by atoms with E-state index in [1.54, 1.807) is 23.1 Å². The van der Waals surface area contributed by atoms with Gasteiger partial charge in [-0.1, -0.05) is 30.0 Å². The Hall–Kier alpha value is -2.17. The molecule has 5 nitrogen and oxygen atoms in total. The first kappa shape index (κ1) is 14.8. The molecule has 0 radical (unpaired) electrons. The van der Waals surface area contributed by atoms with E-state index in [1.165, 1.54) is 4.88 Å². The fraction of sp³-hybridized carbons (Fsp3) is 0.200. The van der Waals surface area contributed by atoms with Gasteiger partial charge in [-0.2, -0.15) is 5.26 Å². The minimum absolute atomic E-state index is 0.675. The second-order valence-electron chi connectivity index (χ2n) is 4.61. The number of nitrogens with zero attached hydrogens (tertiary/aromatic N) is 5. The average Bonchev–Trinajstić information content (AvgIpc) is 3.23. The van der Waals surface area contributed by atoms with Crippen LogP contribution in [-0.2, 0) is 18.7 Å². The van der Waals surface area contributed by atoms with Crippen LogP contribution < -0.4 is 0 Å². The lowest BCUT2D eigenvalue weighted by Gasteiger charge is -2.04. The van der Waals surface area contributed by atoms with Gasteiger partial charge in [-0.15, -0.1) is 16.4 Å². The maximum atomic E-state index is 8.80. The third-order valence-corrected chi connectivity index (χ3v) is 5.06. The van der Waals surface area contributed by atoms with Crippen LogP contribution in [0.1, 0.15) is 16.0 Å². The number of nitriles is 1. The summed E-state index contributed by atoms with van der Waals surface area (Å²) in [6, 6.07) is 13.9. The SMILES string of the molecule is N#Cc1ccc(CSc2nnnn2CCc2cccs2)cc1. The first-order valence-electron chi connectivity index (χ1n) is 6.75. The Labute approximate surface area is 136 Å². The molecule has 0 aliphatic rings. The Kier molecular flexibility index (Phi) is 4.83. The molecule has 0 amide bonds. The van der Waals surface area contributed by atoms with E-state index in [0.29, 0.717) is 5.56 Å². The van der Waals surface area contributed by atoms with Crippen molar-refractivity contribution in [2.75, 3.05) is 0 Å². The minimum atomic E-state index is 0.675. The molecule has 1 aromatic carbocycles. The van der Waals surface area contributed by atoms with Crippen molar-refractivity contribution in [3.05, 3.63) is 57.8 Å². The number of aryl methyl sites for hydroxylation is 2. The highest BCUT2D eigenvalue weighted by Crippen LogP contribution is 2.20. The van der Waals surface area contributed by atoms with Crippen LogP contribution in [-0.4, -0.2) is 20.2 Å². The number of thioether (sulfide) groups is 1. The van der Waals surface area contributed by atoms with Gasteiger partial charge in [0.1, 0.15) is 0 Å². The molecule has 0 unspecified atom stereocenters. The Morgan fingerprint density at radius 3 is 2.82 bits per heavy atom. The van der Waals surface area contributed by atoms with E-state index in [2.05, 4.69) is 39.1 Å². The van der Waals surface area contributed by atoms with Crippen molar-refractivity contribution in [2.24, 2.45) is 0 Å². The van der Waals surface area contributed by atoms with Crippen LogP contribution in [0.3, 0.4) is 0 Å². The van der Waals surface area contributed by atoms with E-state index in [0.717, 1.165) is 29.4 Å². The largest absolute Gasteiger partial charge is 0.220 e. The van der Waals surface area contributed by atoms with E-state index in [-0.39, 0.29) is 0 Å². The van der Waals surface area contributed by atoms with Gasteiger partial charge in [0.25, 0.3) is 0 Å². The third-order valence-electron chi connectivity index (χ3n) is 3.10. The van der Waals surface area contributed by atoms with E-state index >= 15 is 0 Å². The van der Waals surface area contributed by atoms with E-state index in [9.17, 15) is 0 Å². The first-order chi connectivity index (χ1) is 10.8. The van der Waals surface area contributed by atoms with Crippen molar-refractivity contribution in [3.8, 4) is 6.07 Å². The van der Waals surface area contributed by atoms with Gasteiger partial charge < -0.3 is 0 Å². The van der Waals surface area contributed by atoms with E-state index in [1.807, 2.05) is 28.9 Å². The molecule has 0 atom stereocenters. The lowest BCUT2D eigenvalue weighted by molar-refractivity contribution is 0.550. The van der Waals surface area contributed by atoms with Crippen molar-refractivity contribution >= 4 is 23.1 Å². The van der Waals surface area contributed by atoms with Crippen LogP contribution in [0.5, 0.6) is 0 Å². The molecule has 110 valence electrons. The van der Waals surface area contributed by atoms with Gasteiger partial charge in [0.15, 0.2) is 0 Å². The molecule has 0 aliphatic carbocycles. The highest BCUT2D eigenvalue weighted by atomic mass is 32.2. The second kappa shape index (κ2) is 7.20. The zero-order valence-corrected chi connectivity index (χ0v) is 13.3. The Bertz CT molecular complexity index is 756. The number of rotatable bonds is 6. The zero-order chi connectivity index (χ0) is 15.2. The van der Waals surface area contributed by atoms with Gasteiger partial charge in [0.2, 0.25) is 5.16 Å². The molecule has 22 heavy (non-hydrogen) atoms. The summed E-state index contributed by atoms with van der Waals surface area (Å²) in [6.07, 6.45) is 0.938. The van der Waals surface area contributed by atoms with Crippen molar-refractivity contribution < 1.29 is 0 Å². The predicted molar refractivity (Wildman–Crippen MR) is 86.6 cm³/mol. The number of hydrogen-bond donors (Lipinski definition) is 0. The maximum Gasteiger partial charge on any atom is 0.209 e. The predicted octanol–water partition coefficient (Wildman–Crippen LogP) is 3.14. The molecule has 3 aromatic rings. The minimum Gasteiger partial charge on any atom is -0.220 e. The topological polar surface area (TPSA) is 67.4 Å².